The average Bonchev–Trinajstić information content (AvgIpc) is 3.59. The maximum absolute atomic E-state index is 14.2. The molecule has 4 rings (SSSR count). The Morgan fingerprint density at radius 1 is 1.10 bits per heavy atom. The summed E-state index contributed by atoms with van der Waals surface area (Å²) in [7, 11) is 1.37. The molecule has 8 heteroatoms. The summed E-state index contributed by atoms with van der Waals surface area (Å²) in [5.74, 6) is 6.58. The van der Waals surface area contributed by atoms with Crippen LogP contribution in [0.2, 0.25) is 0 Å². The van der Waals surface area contributed by atoms with Crippen molar-refractivity contribution in [1.29, 1.82) is 0 Å². The minimum atomic E-state index is -0.607. The zero-order chi connectivity index (χ0) is 28.2. The lowest BCUT2D eigenvalue weighted by Crippen LogP contribution is -2.47. The van der Waals surface area contributed by atoms with E-state index in [9.17, 15) is 14.7 Å². The molecule has 1 N–H and O–H groups in total. The van der Waals surface area contributed by atoms with Gasteiger partial charge < -0.3 is 24.2 Å². The first-order valence-electron chi connectivity index (χ1n) is 14.6. The number of carbonyl (C=O) groups is 2. The fraction of sp³-hybridized carbons (Fsp3) is 0.742. The van der Waals surface area contributed by atoms with Gasteiger partial charge in [0.05, 0.1) is 48.0 Å². The van der Waals surface area contributed by atoms with Gasteiger partial charge in [0, 0.05) is 18.6 Å². The quantitative estimate of drug-likeness (QED) is 0.347. The summed E-state index contributed by atoms with van der Waals surface area (Å²) in [6.45, 7) is 9.17. The molecule has 2 unspecified atom stereocenters. The number of carbonyl (C=O) groups excluding carboxylic acids is 2. The standard InChI is InChI=1S/C31H45NO6S/c1-20-6-8-22(9-7-20)29(34)32(23-10-12-24(13-11-23)38-25-15-17-37-19-25)27-18-26(39-28(27)30(35)36-5)14-16-31(3,4)21(2)33/h18,20-25,33H,6-13,15,17,19H2,1-5H3. The van der Waals surface area contributed by atoms with Gasteiger partial charge in [0.2, 0.25) is 5.91 Å². The van der Waals surface area contributed by atoms with Gasteiger partial charge in [-0.3, -0.25) is 4.79 Å². The maximum Gasteiger partial charge on any atom is 0.350 e. The molecule has 1 amide bonds. The van der Waals surface area contributed by atoms with Crippen LogP contribution in [0.3, 0.4) is 0 Å². The van der Waals surface area contributed by atoms with Gasteiger partial charge in [-0.2, -0.15) is 0 Å². The van der Waals surface area contributed by atoms with Gasteiger partial charge in [0.15, 0.2) is 0 Å². The van der Waals surface area contributed by atoms with Gasteiger partial charge >= 0.3 is 5.97 Å². The summed E-state index contributed by atoms with van der Waals surface area (Å²) in [5.41, 5.74) is 0.00952. The highest BCUT2D eigenvalue weighted by Crippen LogP contribution is 2.39. The van der Waals surface area contributed by atoms with Crippen LogP contribution in [0, 0.1) is 29.1 Å². The lowest BCUT2D eigenvalue weighted by Gasteiger charge is -2.40. The van der Waals surface area contributed by atoms with Crippen LogP contribution >= 0.6 is 11.3 Å². The van der Waals surface area contributed by atoms with E-state index >= 15 is 0 Å². The van der Waals surface area contributed by atoms with Gasteiger partial charge in [-0.05, 0) is 90.5 Å². The molecule has 0 bridgehead atoms. The van der Waals surface area contributed by atoms with E-state index in [0.29, 0.717) is 28.0 Å². The predicted octanol–water partition coefficient (Wildman–Crippen LogP) is 5.57. The smallest absolute Gasteiger partial charge is 0.350 e. The molecule has 0 spiro atoms. The average molecular weight is 560 g/mol. The minimum Gasteiger partial charge on any atom is -0.465 e. The van der Waals surface area contributed by atoms with Crippen LogP contribution in [-0.4, -0.2) is 61.7 Å². The van der Waals surface area contributed by atoms with Gasteiger partial charge in [-0.15, -0.1) is 11.3 Å². The Labute approximate surface area is 237 Å². The number of aliphatic hydroxyl groups is 1. The summed E-state index contributed by atoms with van der Waals surface area (Å²) in [6.07, 6.45) is 7.92. The SMILES string of the molecule is COC(=O)c1sc(C#CC(C)(C)C(C)O)cc1N(C(=O)C1CCC(C)CC1)C1CCC(OC2CCOC2)CC1. The normalized spacial score (nSPS) is 28.3. The summed E-state index contributed by atoms with van der Waals surface area (Å²) in [6, 6.07) is 1.87. The molecule has 2 atom stereocenters. The highest BCUT2D eigenvalue weighted by atomic mass is 32.1. The molecule has 2 saturated carbocycles. The number of anilines is 1. The van der Waals surface area contributed by atoms with E-state index in [2.05, 4.69) is 18.8 Å². The third-order valence-electron chi connectivity index (χ3n) is 8.78. The molecule has 0 aromatic carbocycles. The Morgan fingerprint density at radius 2 is 1.79 bits per heavy atom. The third kappa shape index (κ3) is 7.43. The first-order valence-corrected chi connectivity index (χ1v) is 15.4. The van der Waals surface area contributed by atoms with Crippen molar-refractivity contribution >= 4 is 28.9 Å². The lowest BCUT2D eigenvalue weighted by atomic mass is 9.81. The number of methoxy groups -OCH3 is 1. The van der Waals surface area contributed by atoms with Crippen LogP contribution in [0.5, 0.6) is 0 Å². The zero-order valence-electron chi connectivity index (χ0n) is 24.2. The first-order chi connectivity index (χ1) is 18.6. The topological polar surface area (TPSA) is 85.3 Å². The molecule has 0 radical (unpaired) electrons. The molecule has 1 aromatic heterocycles. The predicted molar refractivity (Wildman–Crippen MR) is 153 cm³/mol. The Bertz CT molecular complexity index is 1050. The monoisotopic (exact) mass is 559 g/mol. The number of hydrogen-bond donors (Lipinski definition) is 1. The molecule has 1 saturated heterocycles. The molecular formula is C31H45NO6S. The number of hydrogen-bond acceptors (Lipinski definition) is 7. The van der Waals surface area contributed by atoms with Gasteiger partial charge in [0.25, 0.3) is 0 Å². The van der Waals surface area contributed by atoms with Crippen molar-refractivity contribution in [3.8, 4) is 11.8 Å². The number of rotatable bonds is 7. The summed E-state index contributed by atoms with van der Waals surface area (Å²) in [4.78, 5) is 30.2. The largest absolute Gasteiger partial charge is 0.465 e. The molecule has 2 heterocycles. The van der Waals surface area contributed by atoms with Crippen molar-refractivity contribution in [2.45, 2.75) is 110 Å². The second-order valence-corrected chi connectivity index (χ2v) is 13.2. The van der Waals surface area contributed by atoms with Crippen molar-refractivity contribution in [1.82, 2.24) is 0 Å². The van der Waals surface area contributed by atoms with Gasteiger partial charge in [0.1, 0.15) is 4.88 Å². The maximum atomic E-state index is 14.2. The number of amides is 1. The van der Waals surface area contributed by atoms with Crippen LogP contribution in [0.25, 0.3) is 0 Å². The zero-order valence-corrected chi connectivity index (χ0v) is 25.0. The van der Waals surface area contributed by atoms with Crippen LogP contribution in [-0.2, 0) is 19.0 Å². The first kappa shape index (κ1) is 30.0. The Balaban J connectivity index is 1.63. The van der Waals surface area contributed by atoms with E-state index in [0.717, 1.165) is 64.4 Å². The summed E-state index contributed by atoms with van der Waals surface area (Å²) in [5, 5.41) is 10.1. The van der Waals surface area contributed by atoms with Crippen molar-refractivity contribution in [3.05, 3.63) is 15.8 Å². The van der Waals surface area contributed by atoms with Crippen LogP contribution in [0.1, 0.15) is 100 Å². The molecule has 2 aliphatic carbocycles. The fourth-order valence-electron chi connectivity index (χ4n) is 5.72. The Morgan fingerprint density at radius 3 is 2.38 bits per heavy atom. The third-order valence-corrected chi connectivity index (χ3v) is 9.80. The van der Waals surface area contributed by atoms with Crippen molar-refractivity contribution in [3.63, 3.8) is 0 Å². The molecule has 216 valence electrons. The van der Waals surface area contributed by atoms with E-state index in [1.807, 2.05) is 24.8 Å². The van der Waals surface area contributed by atoms with E-state index in [4.69, 9.17) is 14.2 Å². The lowest BCUT2D eigenvalue weighted by molar-refractivity contribution is -0.124. The number of aliphatic hydroxyl groups excluding tert-OH is 1. The van der Waals surface area contributed by atoms with Crippen LogP contribution < -0.4 is 4.90 Å². The number of esters is 1. The highest BCUT2D eigenvalue weighted by molar-refractivity contribution is 7.15. The molecule has 1 aliphatic heterocycles. The van der Waals surface area contributed by atoms with E-state index in [-0.39, 0.29) is 30.1 Å². The van der Waals surface area contributed by atoms with Crippen LogP contribution in [0.15, 0.2) is 6.07 Å². The number of ether oxygens (including phenoxy) is 3. The highest BCUT2D eigenvalue weighted by Gasteiger charge is 2.38. The molecule has 7 nitrogen and oxygen atoms in total. The van der Waals surface area contributed by atoms with Crippen molar-refractivity contribution in [2.75, 3.05) is 25.2 Å². The van der Waals surface area contributed by atoms with Crippen LogP contribution in [0.4, 0.5) is 5.69 Å². The number of nitrogens with zero attached hydrogens (tertiary/aromatic N) is 1. The Kier molecular flexibility index (Phi) is 10.1. The second-order valence-electron chi connectivity index (χ2n) is 12.2. The summed E-state index contributed by atoms with van der Waals surface area (Å²) >= 11 is 1.26. The second kappa shape index (κ2) is 13.2. The molecule has 1 aromatic rings. The molecule has 3 fully saturated rings. The van der Waals surface area contributed by atoms with E-state index in [1.54, 1.807) is 6.92 Å². The number of thiophene rings is 1. The summed E-state index contributed by atoms with van der Waals surface area (Å²) < 4.78 is 16.9. The van der Waals surface area contributed by atoms with E-state index < -0.39 is 17.5 Å². The van der Waals surface area contributed by atoms with Gasteiger partial charge in [-0.25, -0.2) is 4.79 Å². The molecular weight excluding hydrogens is 514 g/mol. The van der Waals surface area contributed by atoms with Crippen molar-refractivity contribution < 1.29 is 28.9 Å². The minimum absolute atomic E-state index is 0.00996. The molecule has 39 heavy (non-hydrogen) atoms. The fourth-order valence-corrected chi connectivity index (χ4v) is 6.64. The van der Waals surface area contributed by atoms with Gasteiger partial charge in [-0.1, -0.05) is 18.8 Å². The van der Waals surface area contributed by atoms with Crippen molar-refractivity contribution in [2.24, 2.45) is 17.3 Å². The molecule has 3 aliphatic rings. The Hall–Kier alpha value is -1.92. The van der Waals surface area contributed by atoms with E-state index in [1.165, 1.54) is 18.4 Å².